The summed E-state index contributed by atoms with van der Waals surface area (Å²) in [4.78, 5) is 28.3. The van der Waals surface area contributed by atoms with E-state index in [2.05, 4.69) is 9.88 Å². The SMILES string of the molecule is O=c1[nH]c(-c2cccc([N+](=O)[O-])c2)c(CN2CCCCC2)s1. The molecule has 1 saturated heterocycles. The smallest absolute Gasteiger partial charge is 0.305 e. The number of hydrogen-bond donors (Lipinski definition) is 1. The standard InChI is InChI=1S/C15H17N3O3S/c19-15-16-14(11-5-4-6-12(9-11)18(20)21)13(22-15)10-17-7-2-1-3-8-17/h4-6,9H,1-3,7-8,10H2,(H,16,19). The molecule has 1 aromatic heterocycles. The maximum Gasteiger partial charge on any atom is 0.305 e. The first-order valence-corrected chi connectivity index (χ1v) is 8.14. The Morgan fingerprint density at radius 2 is 2.05 bits per heavy atom. The number of hydrogen-bond acceptors (Lipinski definition) is 5. The number of thiazole rings is 1. The number of aromatic amines is 1. The Morgan fingerprint density at radius 3 is 2.77 bits per heavy atom. The first kappa shape index (κ1) is 14.9. The van der Waals surface area contributed by atoms with Crippen molar-refractivity contribution in [2.45, 2.75) is 25.8 Å². The fraction of sp³-hybridized carbons (Fsp3) is 0.400. The first-order valence-electron chi connectivity index (χ1n) is 7.32. The van der Waals surface area contributed by atoms with Crippen LogP contribution in [0.5, 0.6) is 0 Å². The third-order valence-electron chi connectivity index (χ3n) is 3.88. The molecule has 0 atom stereocenters. The molecule has 0 saturated carbocycles. The minimum absolute atomic E-state index is 0.0356. The average Bonchev–Trinajstić information content (AvgIpc) is 2.89. The van der Waals surface area contributed by atoms with E-state index in [-0.39, 0.29) is 10.6 Å². The van der Waals surface area contributed by atoms with Crippen molar-refractivity contribution in [2.75, 3.05) is 13.1 Å². The van der Waals surface area contributed by atoms with Gasteiger partial charge in [-0.05, 0) is 25.9 Å². The lowest BCUT2D eigenvalue weighted by Crippen LogP contribution is -2.28. The number of nitrogens with zero attached hydrogens (tertiary/aromatic N) is 2. The highest BCUT2D eigenvalue weighted by Gasteiger charge is 2.17. The molecule has 0 radical (unpaired) electrons. The van der Waals surface area contributed by atoms with Crippen molar-refractivity contribution in [1.82, 2.24) is 9.88 Å². The minimum atomic E-state index is -0.418. The molecule has 2 heterocycles. The number of piperidine rings is 1. The molecule has 7 heteroatoms. The highest BCUT2D eigenvalue weighted by Crippen LogP contribution is 2.28. The predicted octanol–water partition coefficient (Wildman–Crippen LogP) is 3.00. The zero-order valence-corrected chi connectivity index (χ0v) is 12.9. The highest BCUT2D eigenvalue weighted by atomic mass is 32.1. The van der Waals surface area contributed by atoms with Crippen molar-refractivity contribution in [3.63, 3.8) is 0 Å². The van der Waals surface area contributed by atoms with Crippen molar-refractivity contribution >= 4 is 17.0 Å². The summed E-state index contributed by atoms with van der Waals surface area (Å²) in [5.74, 6) is 0. The Morgan fingerprint density at radius 1 is 1.27 bits per heavy atom. The topological polar surface area (TPSA) is 79.2 Å². The van der Waals surface area contributed by atoms with Gasteiger partial charge < -0.3 is 4.98 Å². The summed E-state index contributed by atoms with van der Waals surface area (Å²) in [5, 5.41) is 10.9. The van der Waals surface area contributed by atoms with Crippen LogP contribution in [0, 0.1) is 10.1 Å². The van der Waals surface area contributed by atoms with Gasteiger partial charge in [0.05, 0.1) is 10.6 Å². The quantitative estimate of drug-likeness (QED) is 0.694. The average molecular weight is 319 g/mol. The molecule has 1 aliphatic rings. The van der Waals surface area contributed by atoms with Gasteiger partial charge in [0.1, 0.15) is 0 Å². The number of benzene rings is 1. The van der Waals surface area contributed by atoms with Gasteiger partial charge in [0, 0.05) is 29.1 Å². The van der Waals surface area contributed by atoms with Gasteiger partial charge in [-0.2, -0.15) is 0 Å². The Kier molecular flexibility index (Phi) is 4.35. The molecule has 0 unspecified atom stereocenters. The molecule has 116 valence electrons. The Labute approximate surface area is 131 Å². The third kappa shape index (κ3) is 3.26. The first-order chi connectivity index (χ1) is 10.6. The number of nitro groups is 1. The summed E-state index contributed by atoms with van der Waals surface area (Å²) >= 11 is 1.19. The molecule has 1 N–H and O–H groups in total. The van der Waals surface area contributed by atoms with Crippen molar-refractivity contribution in [3.8, 4) is 11.3 Å². The Hall–Kier alpha value is -1.99. The normalized spacial score (nSPS) is 15.8. The number of rotatable bonds is 4. The summed E-state index contributed by atoms with van der Waals surface area (Å²) in [5.41, 5.74) is 1.44. The largest absolute Gasteiger partial charge is 0.312 e. The molecule has 0 amide bonds. The summed E-state index contributed by atoms with van der Waals surface area (Å²) in [7, 11) is 0. The minimum Gasteiger partial charge on any atom is -0.312 e. The molecule has 0 spiro atoms. The molecule has 2 aromatic rings. The molecular formula is C15H17N3O3S. The van der Waals surface area contributed by atoms with Gasteiger partial charge in [-0.1, -0.05) is 29.9 Å². The number of non-ortho nitro benzene ring substituents is 1. The molecule has 0 bridgehead atoms. The summed E-state index contributed by atoms with van der Waals surface area (Å²) in [6.45, 7) is 2.81. The Balaban J connectivity index is 1.91. The number of aromatic nitrogens is 1. The second-order valence-corrected chi connectivity index (χ2v) is 6.52. The lowest BCUT2D eigenvalue weighted by molar-refractivity contribution is -0.384. The maximum absolute atomic E-state index is 11.8. The van der Waals surface area contributed by atoms with E-state index >= 15 is 0 Å². The van der Waals surface area contributed by atoms with Crippen molar-refractivity contribution in [2.24, 2.45) is 0 Å². The van der Waals surface area contributed by atoms with Crippen LogP contribution in [0.4, 0.5) is 5.69 Å². The van der Waals surface area contributed by atoms with Crippen LogP contribution >= 0.6 is 11.3 Å². The van der Waals surface area contributed by atoms with Gasteiger partial charge in [-0.25, -0.2) is 0 Å². The van der Waals surface area contributed by atoms with Crippen LogP contribution in [-0.2, 0) is 6.54 Å². The summed E-state index contributed by atoms with van der Waals surface area (Å²) in [6.07, 6.45) is 3.63. The van der Waals surface area contributed by atoms with Crippen molar-refractivity contribution in [3.05, 3.63) is 48.9 Å². The van der Waals surface area contributed by atoms with Gasteiger partial charge >= 0.3 is 4.87 Å². The van der Waals surface area contributed by atoms with Gasteiger partial charge in [-0.15, -0.1) is 0 Å². The van der Waals surface area contributed by atoms with E-state index in [0.717, 1.165) is 24.5 Å². The number of nitrogens with one attached hydrogen (secondary N) is 1. The molecule has 6 nitrogen and oxygen atoms in total. The van der Waals surface area contributed by atoms with E-state index in [9.17, 15) is 14.9 Å². The van der Waals surface area contributed by atoms with E-state index in [0.29, 0.717) is 11.3 Å². The fourth-order valence-electron chi connectivity index (χ4n) is 2.80. The molecule has 1 fully saturated rings. The van der Waals surface area contributed by atoms with Crippen LogP contribution in [0.1, 0.15) is 24.1 Å². The van der Waals surface area contributed by atoms with Crippen LogP contribution in [0.15, 0.2) is 29.1 Å². The van der Waals surface area contributed by atoms with E-state index in [1.54, 1.807) is 12.1 Å². The second-order valence-electron chi connectivity index (χ2n) is 5.46. The van der Waals surface area contributed by atoms with Crippen molar-refractivity contribution < 1.29 is 4.92 Å². The van der Waals surface area contributed by atoms with Gasteiger partial charge in [0.15, 0.2) is 0 Å². The number of H-pyrrole nitrogens is 1. The molecule has 0 aliphatic carbocycles. The van der Waals surface area contributed by atoms with Crippen LogP contribution in [0.2, 0.25) is 0 Å². The third-order valence-corrected chi connectivity index (χ3v) is 4.75. The van der Waals surface area contributed by atoms with Crippen LogP contribution in [0.25, 0.3) is 11.3 Å². The van der Waals surface area contributed by atoms with Gasteiger partial charge in [0.25, 0.3) is 5.69 Å². The monoisotopic (exact) mass is 319 g/mol. The summed E-state index contributed by atoms with van der Waals surface area (Å²) in [6, 6.07) is 6.41. The highest BCUT2D eigenvalue weighted by molar-refractivity contribution is 7.09. The van der Waals surface area contributed by atoms with E-state index in [4.69, 9.17) is 0 Å². The van der Waals surface area contributed by atoms with Crippen LogP contribution in [-0.4, -0.2) is 27.9 Å². The second kappa shape index (κ2) is 6.41. The summed E-state index contributed by atoms with van der Waals surface area (Å²) < 4.78 is 0. The number of likely N-dealkylation sites (tertiary alicyclic amines) is 1. The lowest BCUT2D eigenvalue weighted by atomic mass is 10.1. The molecule has 22 heavy (non-hydrogen) atoms. The van der Waals surface area contributed by atoms with E-state index in [1.165, 1.54) is 42.7 Å². The van der Waals surface area contributed by atoms with E-state index < -0.39 is 4.92 Å². The van der Waals surface area contributed by atoms with Gasteiger partial charge in [-0.3, -0.25) is 19.8 Å². The predicted molar refractivity (Wildman–Crippen MR) is 86.2 cm³/mol. The van der Waals surface area contributed by atoms with E-state index in [1.807, 2.05) is 0 Å². The zero-order valence-electron chi connectivity index (χ0n) is 12.1. The molecule has 3 rings (SSSR count). The number of nitro benzene ring substituents is 1. The van der Waals surface area contributed by atoms with Crippen molar-refractivity contribution in [1.29, 1.82) is 0 Å². The lowest BCUT2D eigenvalue weighted by Gasteiger charge is -2.26. The molecular weight excluding hydrogens is 302 g/mol. The maximum atomic E-state index is 11.8. The van der Waals surface area contributed by atoms with Gasteiger partial charge in [0.2, 0.25) is 0 Å². The Bertz CT molecular complexity index is 732. The molecule has 1 aromatic carbocycles. The van der Waals surface area contributed by atoms with Crippen LogP contribution in [0.3, 0.4) is 0 Å². The fourth-order valence-corrected chi connectivity index (χ4v) is 3.70. The molecule has 1 aliphatic heterocycles. The van der Waals surface area contributed by atoms with Crippen LogP contribution < -0.4 is 4.87 Å². The zero-order chi connectivity index (χ0) is 15.5.